The van der Waals surface area contributed by atoms with Gasteiger partial charge in [-0.25, -0.2) is 0 Å². The fourth-order valence-electron chi connectivity index (χ4n) is 5.27. The number of hydrogen-bond donors (Lipinski definition) is 0. The van der Waals surface area contributed by atoms with Gasteiger partial charge in [-0.3, -0.25) is 0 Å². The van der Waals surface area contributed by atoms with Gasteiger partial charge in [0.25, 0.3) is 0 Å². The second-order valence-corrected chi connectivity index (χ2v) is 10.1. The Morgan fingerprint density at radius 3 is 2.05 bits per heavy atom. The SMILES string of the molecule is C=CCO[C@@H]1O[C@@H]2COC(c3ccc4ccccc4c3)O[C@H]2[C@H](OCc2ccccc2)[C@H]1OCc1ccccc1. The highest BCUT2D eigenvalue weighted by molar-refractivity contribution is 5.83. The molecule has 6 atom stereocenters. The van der Waals surface area contributed by atoms with Crippen molar-refractivity contribution in [2.75, 3.05) is 13.2 Å². The first-order valence-electron chi connectivity index (χ1n) is 13.7. The van der Waals surface area contributed by atoms with E-state index < -0.39 is 30.9 Å². The summed E-state index contributed by atoms with van der Waals surface area (Å²) in [5.74, 6) is 0. The summed E-state index contributed by atoms with van der Waals surface area (Å²) >= 11 is 0. The molecule has 6 nitrogen and oxygen atoms in total. The summed E-state index contributed by atoms with van der Waals surface area (Å²) in [6.07, 6.45) is -1.36. The fourth-order valence-corrected chi connectivity index (χ4v) is 5.27. The van der Waals surface area contributed by atoms with Crippen LogP contribution in [0.25, 0.3) is 10.8 Å². The molecule has 1 unspecified atom stereocenters. The summed E-state index contributed by atoms with van der Waals surface area (Å²) in [6.45, 7) is 5.25. The van der Waals surface area contributed by atoms with E-state index in [1.165, 1.54) is 5.39 Å². The second kappa shape index (κ2) is 12.9. The zero-order chi connectivity index (χ0) is 27.1. The quantitative estimate of drug-likeness (QED) is 0.219. The molecule has 0 spiro atoms. The topological polar surface area (TPSA) is 55.4 Å². The first-order chi connectivity index (χ1) is 19.8. The highest BCUT2D eigenvalue weighted by Gasteiger charge is 2.51. The van der Waals surface area contributed by atoms with Crippen LogP contribution < -0.4 is 0 Å². The van der Waals surface area contributed by atoms with Gasteiger partial charge in [-0.05, 0) is 28.0 Å². The average Bonchev–Trinajstić information content (AvgIpc) is 3.02. The molecular weight excluding hydrogens is 504 g/mol. The predicted octanol–water partition coefficient (Wildman–Crippen LogP) is 6.35. The molecule has 0 saturated carbocycles. The van der Waals surface area contributed by atoms with Crippen molar-refractivity contribution in [1.29, 1.82) is 0 Å². The van der Waals surface area contributed by atoms with Crippen LogP contribution in [0.1, 0.15) is 23.0 Å². The number of ether oxygens (including phenoxy) is 6. The van der Waals surface area contributed by atoms with Crippen LogP contribution in [0.15, 0.2) is 116 Å². The predicted molar refractivity (Wildman–Crippen MR) is 152 cm³/mol. The molecule has 6 heteroatoms. The highest BCUT2D eigenvalue weighted by atomic mass is 16.8. The summed E-state index contributed by atoms with van der Waals surface area (Å²) in [7, 11) is 0. The highest BCUT2D eigenvalue weighted by Crippen LogP contribution is 2.38. The minimum Gasteiger partial charge on any atom is -0.368 e. The molecule has 0 aromatic heterocycles. The van der Waals surface area contributed by atoms with Crippen molar-refractivity contribution in [2.45, 2.75) is 50.2 Å². The van der Waals surface area contributed by atoms with Gasteiger partial charge in [0.15, 0.2) is 12.6 Å². The molecule has 0 aliphatic carbocycles. The maximum Gasteiger partial charge on any atom is 0.187 e. The van der Waals surface area contributed by atoms with Gasteiger partial charge in [0, 0.05) is 5.56 Å². The van der Waals surface area contributed by atoms with E-state index in [0.29, 0.717) is 26.4 Å². The molecule has 2 saturated heterocycles. The molecule has 2 heterocycles. The standard InChI is InChI=1S/C34H34O6/c1-2-19-35-34-32(37-22-25-13-7-4-8-14-25)31(36-21-24-11-5-3-6-12-24)30-29(39-34)23-38-33(40-30)28-18-17-26-15-9-10-16-27(26)20-28/h2-18,20,29-34H,1,19,21-23H2/t29-,30-,31+,32-,33?,34-/m1/s1. The Morgan fingerprint density at radius 2 is 1.35 bits per heavy atom. The minimum absolute atomic E-state index is 0.320. The van der Waals surface area contributed by atoms with E-state index in [1.807, 2.05) is 72.8 Å². The van der Waals surface area contributed by atoms with E-state index in [9.17, 15) is 0 Å². The lowest BCUT2D eigenvalue weighted by Gasteiger charge is -2.49. The normalized spacial score (nSPS) is 26.3. The van der Waals surface area contributed by atoms with Gasteiger partial charge >= 0.3 is 0 Å². The second-order valence-electron chi connectivity index (χ2n) is 10.1. The van der Waals surface area contributed by atoms with Gasteiger partial charge in [-0.1, -0.05) is 103 Å². The van der Waals surface area contributed by atoms with E-state index >= 15 is 0 Å². The molecule has 0 bridgehead atoms. The summed E-state index contributed by atoms with van der Waals surface area (Å²) in [6, 6.07) is 34.7. The van der Waals surface area contributed by atoms with Crippen molar-refractivity contribution in [3.63, 3.8) is 0 Å². The molecule has 2 aliphatic rings. The lowest BCUT2D eigenvalue weighted by Crippen LogP contribution is -2.63. The van der Waals surface area contributed by atoms with E-state index in [-0.39, 0.29) is 6.10 Å². The first-order valence-corrected chi connectivity index (χ1v) is 13.7. The van der Waals surface area contributed by atoms with Gasteiger partial charge in [-0.2, -0.15) is 0 Å². The van der Waals surface area contributed by atoms with Crippen LogP contribution in [0.3, 0.4) is 0 Å². The number of fused-ring (bicyclic) bond motifs is 2. The van der Waals surface area contributed by atoms with Crippen molar-refractivity contribution in [3.05, 3.63) is 132 Å². The van der Waals surface area contributed by atoms with Gasteiger partial charge < -0.3 is 28.4 Å². The van der Waals surface area contributed by atoms with Crippen molar-refractivity contribution < 1.29 is 28.4 Å². The lowest BCUT2D eigenvalue weighted by atomic mass is 9.96. The molecule has 0 N–H and O–H groups in total. The first kappa shape index (κ1) is 26.8. The van der Waals surface area contributed by atoms with Crippen molar-refractivity contribution >= 4 is 10.8 Å². The molecule has 0 radical (unpaired) electrons. The lowest BCUT2D eigenvalue weighted by molar-refractivity contribution is -0.371. The molecule has 4 aromatic rings. The zero-order valence-electron chi connectivity index (χ0n) is 22.3. The van der Waals surface area contributed by atoms with Crippen LogP contribution in [0.2, 0.25) is 0 Å². The molecular formula is C34H34O6. The molecule has 2 fully saturated rings. The maximum atomic E-state index is 6.63. The third kappa shape index (κ3) is 6.18. The Bertz CT molecular complexity index is 1380. The van der Waals surface area contributed by atoms with Crippen LogP contribution in [0, 0.1) is 0 Å². The van der Waals surface area contributed by atoms with Crippen LogP contribution in [0.5, 0.6) is 0 Å². The van der Waals surface area contributed by atoms with E-state index in [2.05, 4.69) is 36.9 Å². The van der Waals surface area contributed by atoms with Gasteiger partial charge in [0.2, 0.25) is 0 Å². The van der Waals surface area contributed by atoms with Gasteiger partial charge in [0.1, 0.15) is 24.4 Å². The minimum atomic E-state index is -0.673. The molecule has 0 amide bonds. The van der Waals surface area contributed by atoms with Crippen molar-refractivity contribution in [1.82, 2.24) is 0 Å². The van der Waals surface area contributed by atoms with Gasteiger partial charge in [0.05, 0.1) is 26.4 Å². The van der Waals surface area contributed by atoms with Crippen LogP contribution in [0.4, 0.5) is 0 Å². The average molecular weight is 539 g/mol. The Hall–Kier alpha value is -3.36. The molecule has 4 aromatic carbocycles. The molecule has 40 heavy (non-hydrogen) atoms. The van der Waals surface area contributed by atoms with Crippen molar-refractivity contribution in [2.24, 2.45) is 0 Å². The monoisotopic (exact) mass is 538 g/mol. The Labute approximate surface area is 235 Å². The Kier molecular flexibility index (Phi) is 8.64. The molecule has 2 aliphatic heterocycles. The summed E-state index contributed by atoms with van der Waals surface area (Å²) in [5.41, 5.74) is 3.07. The summed E-state index contributed by atoms with van der Waals surface area (Å²) in [4.78, 5) is 0. The zero-order valence-corrected chi connectivity index (χ0v) is 22.3. The Morgan fingerprint density at radius 1 is 0.700 bits per heavy atom. The van der Waals surface area contributed by atoms with Crippen LogP contribution in [-0.2, 0) is 41.6 Å². The number of rotatable bonds is 10. The smallest absolute Gasteiger partial charge is 0.187 e. The van der Waals surface area contributed by atoms with E-state index in [1.54, 1.807) is 6.08 Å². The third-order valence-corrected chi connectivity index (χ3v) is 7.28. The van der Waals surface area contributed by atoms with E-state index in [4.69, 9.17) is 28.4 Å². The Balaban J connectivity index is 1.28. The van der Waals surface area contributed by atoms with Crippen LogP contribution in [-0.4, -0.2) is 43.9 Å². The van der Waals surface area contributed by atoms with Crippen molar-refractivity contribution in [3.8, 4) is 0 Å². The molecule has 206 valence electrons. The maximum absolute atomic E-state index is 6.63. The largest absolute Gasteiger partial charge is 0.368 e. The van der Waals surface area contributed by atoms with E-state index in [0.717, 1.165) is 22.1 Å². The fraction of sp³-hybridized carbons (Fsp3) is 0.294. The summed E-state index contributed by atoms with van der Waals surface area (Å²) < 4.78 is 38.4. The third-order valence-electron chi connectivity index (χ3n) is 7.28. The number of benzene rings is 4. The van der Waals surface area contributed by atoms with Crippen LogP contribution >= 0.6 is 0 Å². The molecule has 6 rings (SSSR count). The van der Waals surface area contributed by atoms with Gasteiger partial charge in [-0.15, -0.1) is 6.58 Å². The number of hydrogen-bond acceptors (Lipinski definition) is 6. The summed E-state index contributed by atoms with van der Waals surface area (Å²) in [5, 5.41) is 2.30.